The number of hydrogen-bond acceptors (Lipinski definition) is 2. The van der Waals surface area contributed by atoms with Crippen molar-refractivity contribution in [2.75, 3.05) is 5.32 Å². The Labute approximate surface area is 122 Å². The van der Waals surface area contributed by atoms with Gasteiger partial charge in [-0.15, -0.1) is 0 Å². The fourth-order valence-corrected chi connectivity index (χ4v) is 3.07. The summed E-state index contributed by atoms with van der Waals surface area (Å²) in [6.45, 7) is 2.09. The summed E-state index contributed by atoms with van der Waals surface area (Å²) in [4.78, 5) is 4.44. The highest BCUT2D eigenvalue weighted by atomic mass is 79.9. The first kappa shape index (κ1) is 12.7. The first-order valence-corrected chi connectivity index (χ1v) is 7.59. The van der Waals surface area contributed by atoms with E-state index in [0.29, 0.717) is 6.04 Å². The van der Waals surface area contributed by atoms with E-state index in [-0.39, 0.29) is 0 Å². The number of rotatable bonds is 3. The predicted octanol–water partition coefficient (Wildman–Crippen LogP) is 4.81. The molecule has 3 nitrogen and oxygen atoms in total. The molecular formula is C15H18BrN3. The molecule has 100 valence electrons. The molecule has 0 unspecified atom stereocenters. The van der Waals surface area contributed by atoms with Gasteiger partial charge in [0.05, 0.1) is 0 Å². The average molecular weight is 320 g/mol. The Morgan fingerprint density at radius 2 is 2.11 bits per heavy atom. The lowest BCUT2D eigenvalue weighted by atomic mass is 10.2. The van der Waals surface area contributed by atoms with E-state index < -0.39 is 0 Å². The summed E-state index contributed by atoms with van der Waals surface area (Å²) in [6.07, 6.45) is 9.16. The second-order valence-electron chi connectivity index (χ2n) is 5.19. The van der Waals surface area contributed by atoms with Gasteiger partial charge < -0.3 is 9.88 Å². The quantitative estimate of drug-likeness (QED) is 0.879. The van der Waals surface area contributed by atoms with Gasteiger partial charge >= 0.3 is 0 Å². The Balaban J connectivity index is 1.83. The molecular weight excluding hydrogens is 302 g/mol. The molecule has 0 atom stereocenters. The van der Waals surface area contributed by atoms with Crippen LogP contribution in [0.2, 0.25) is 0 Å². The Bertz CT molecular complexity index is 571. The van der Waals surface area contributed by atoms with Crippen LogP contribution < -0.4 is 5.32 Å². The number of anilines is 2. The molecule has 0 bridgehead atoms. The second kappa shape index (κ2) is 5.37. The molecule has 0 amide bonds. The van der Waals surface area contributed by atoms with E-state index in [9.17, 15) is 0 Å². The van der Waals surface area contributed by atoms with Gasteiger partial charge in [-0.1, -0.05) is 34.8 Å². The van der Waals surface area contributed by atoms with Crippen molar-refractivity contribution in [3.8, 4) is 0 Å². The van der Waals surface area contributed by atoms with Crippen LogP contribution in [0.25, 0.3) is 0 Å². The van der Waals surface area contributed by atoms with Gasteiger partial charge in [0.2, 0.25) is 5.95 Å². The first-order chi connectivity index (χ1) is 9.24. The molecule has 1 aliphatic carbocycles. The highest BCUT2D eigenvalue weighted by Gasteiger charge is 2.19. The number of aromatic nitrogens is 2. The highest BCUT2D eigenvalue weighted by molar-refractivity contribution is 9.10. The highest BCUT2D eigenvalue weighted by Crippen LogP contribution is 2.32. The minimum absolute atomic E-state index is 0.610. The van der Waals surface area contributed by atoms with Gasteiger partial charge in [0.15, 0.2) is 0 Å². The van der Waals surface area contributed by atoms with Crippen LogP contribution in [0.5, 0.6) is 0 Å². The van der Waals surface area contributed by atoms with Crippen molar-refractivity contribution in [3.05, 3.63) is 40.6 Å². The van der Waals surface area contributed by atoms with Crippen LogP contribution in [0.4, 0.5) is 11.6 Å². The Kier molecular flexibility index (Phi) is 3.60. The largest absolute Gasteiger partial charge is 0.326 e. The predicted molar refractivity (Wildman–Crippen MR) is 81.9 cm³/mol. The monoisotopic (exact) mass is 319 g/mol. The maximum atomic E-state index is 4.44. The summed E-state index contributed by atoms with van der Waals surface area (Å²) in [6, 6.07) is 6.91. The molecule has 2 aromatic rings. The van der Waals surface area contributed by atoms with Crippen LogP contribution >= 0.6 is 15.9 Å². The molecule has 0 radical (unpaired) electrons. The molecule has 1 saturated carbocycles. The molecule has 3 rings (SSSR count). The lowest BCUT2D eigenvalue weighted by molar-refractivity contribution is 0.525. The van der Waals surface area contributed by atoms with Crippen LogP contribution in [-0.4, -0.2) is 9.55 Å². The zero-order valence-electron chi connectivity index (χ0n) is 11.1. The van der Waals surface area contributed by atoms with E-state index in [1.54, 1.807) is 0 Å². The van der Waals surface area contributed by atoms with Gasteiger partial charge in [0.1, 0.15) is 0 Å². The molecule has 1 fully saturated rings. The van der Waals surface area contributed by atoms with Gasteiger partial charge in [-0.05, 0) is 37.5 Å². The van der Waals surface area contributed by atoms with Gasteiger partial charge in [0.25, 0.3) is 0 Å². The lowest BCUT2D eigenvalue weighted by Gasteiger charge is -2.16. The van der Waals surface area contributed by atoms with Crippen molar-refractivity contribution in [1.82, 2.24) is 9.55 Å². The third-order valence-corrected chi connectivity index (χ3v) is 4.67. The number of nitrogens with one attached hydrogen (secondary N) is 1. The fraction of sp³-hybridized carbons (Fsp3) is 0.400. The Morgan fingerprint density at radius 3 is 2.84 bits per heavy atom. The van der Waals surface area contributed by atoms with Crippen molar-refractivity contribution in [2.45, 2.75) is 38.6 Å². The maximum Gasteiger partial charge on any atom is 0.207 e. The van der Waals surface area contributed by atoms with E-state index in [2.05, 4.69) is 62.1 Å². The summed E-state index contributed by atoms with van der Waals surface area (Å²) in [7, 11) is 0. The van der Waals surface area contributed by atoms with E-state index in [0.717, 1.165) is 16.1 Å². The van der Waals surface area contributed by atoms with Crippen LogP contribution in [0, 0.1) is 6.92 Å². The molecule has 0 saturated heterocycles. The zero-order valence-corrected chi connectivity index (χ0v) is 12.7. The van der Waals surface area contributed by atoms with E-state index >= 15 is 0 Å². The SMILES string of the molecule is Cc1ccc(Nc2nccn2C2CCCC2)cc1Br. The van der Waals surface area contributed by atoms with Crippen LogP contribution in [-0.2, 0) is 0 Å². The van der Waals surface area contributed by atoms with Crippen molar-refractivity contribution >= 4 is 27.6 Å². The molecule has 0 spiro atoms. The Hall–Kier alpha value is -1.29. The van der Waals surface area contributed by atoms with Crippen LogP contribution in [0.15, 0.2) is 35.1 Å². The normalized spacial score (nSPS) is 15.9. The summed E-state index contributed by atoms with van der Waals surface area (Å²) < 4.78 is 3.40. The number of nitrogens with zero attached hydrogens (tertiary/aromatic N) is 2. The topological polar surface area (TPSA) is 29.9 Å². The average Bonchev–Trinajstić information content (AvgIpc) is 3.04. The van der Waals surface area contributed by atoms with Crippen molar-refractivity contribution in [2.24, 2.45) is 0 Å². The van der Waals surface area contributed by atoms with Crippen LogP contribution in [0.1, 0.15) is 37.3 Å². The summed E-state index contributed by atoms with van der Waals surface area (Å²) in [5.74, 6) is 0.947. The lowest BCUT2D eigenvalue weighted by Crippen LogP contribution is -2.07. The zero-order chi connectivity index (χ0) is 13.2. The molecule has 1 N–H and O–H groups in total. The summed E-state index contributed by atoms with van der Waals surface area (Å²) in [5, 5.41) is 3.42. The molecule has 0 aliphatic heterocycles. The summed E-state index contributed by atoms with van der Waals surface area (Å²) >= 11 is 3.57. The first-order valence-electron chi connectivity index (χ1n) is 6.80. The van der Waals surface area contributed by atoms with Crippen LogP contribution in [0.3, 0.4) is 0 Å². The van der Waals surface area contributed by atoms with Gasteiger partial charge in [-0.25, -0.2) is 4.98 Å². The number of aryl methyl sites for hydroxylation is 1. The van der Waals surface area contributed by atoms with Gasteiger partial charge in [-0.3, -0.25) is 0 Å². The van der Waals surface area contributed by atoms with Gasteiger partial charge in [0, 0.05) is 28.6 Å². The molecule has 19 heavy (non-hydrogen) atoms. The molecule has 4 heteroatoms. The van der Waals surface area contributed by atoms with Crippen molar-refractivity contribution in [3.63, 3.8) is 0 Å². The number of hydrogen-bond donors (Lipinski definition) is 1. The van der Waals surface area contributed by atoms with E-state index in [4.69, 9.17) is 0 Å². The Morgan fingerprint density at radius 1 is 1.32 bits per heavy atom. The van der Waals surface area contributed by atoms with E-state index in [1.165, 1.54) is 31.2 Å². The standard InChI is InChI=1S/C15H18BrN3/c1-11-6-7-12(10-14(11)16)18-15-17-8-9-19(15)13-4-2-3-5-13/h6-10,13H,2-5H2,1H3,(H,17,18). The molecule has 1 heterocycles. The number of benzene rings is 1. The summed E-state index contributed by atoms with van der Waals surface area (Å²) in [5.41, 5.74) is 2.31. The number of halogens is 1. The molecule has 1 aromatic carbocycles. The van der Waals surface area contributed by atoms with Crippen molar-refractivity contribution < 1.29 is 0 Å². The van der Waals surface area contributed by atoms with E-state index in [1.807, 2.05) is 6.20 Å². The van der Waals surface area contributed by atoms with Crippen molar-refractivity contribution in [1.29, 1.82) is 0 Å². The maximum absolute atomic E-state index is 4.44. The molecule has 1 aliphatic rings. The smallest absolute Gasteiger partial charge is 0.207 e. The fourth-order valence-electron chi connectivity index (χ4n) is 2.69. The minimum Gasteiger partial charge on any atom is -0.326 e. The minimum atomic E-state index is 0.610. The van der Waals surface area contributed by atoms with Gasteiger partial charge in [-0.2, -0.15) is 0 Å². The molecule has 1 aromatic heterocycles. The third kappa shape index (κ3) is 2.68. The number of imidazole rings is 1. The third-order valence-electron chi connectivity index (χ3n) is 3.81. The second-order valence-corrected chi connectivity index (χ2v) is 6.04.